The first-order chi connectivity index (χ1) is 6.34. The Balaban J connectivity index is 2.83. The maximum absolute atomic E-state index is 12.9. The van der Waals surface area contributed by atoms with Gasteiger partial charge >= 0.3 is 0 Å². The Labute approximate surface area is 75.9 Å². The summed E-state index contributed by atoms with van der Waals surface area (Å²) < 4.78 is 12.9. The standard InChI is InChI=1S/C11H7FO/c12-11-8-4-3-7-10(11)6-2-1-5-9-13/h1,3-5,7-9H/b5-1+. The molecule has 1 nitrogen and oxygen atoms in total. The van der Waals surface area contributed by atoms with E-state index in [9.17, 15) is 9.18 Å². The topological polar surface area (TPSA) is 17.1 Å². The van der Waals surface area contributed by atoms with E-state index in [1.54, 1.807) is 18.2 Å². The molecule has 64 valence electrons. The number of carbonyl (C=O) groups excluding carboxylic acids is 1. The van der Waals surface area contributed by atoms with Crippen molar-refractivity contribution in [2.45, 2.75) is 0 Å². The molecule has 0 amide bonds. The lowest BCUT2D eigenvalue weighted by molar-refractivity contribution is -0.104. The first-order valence-corrected chi connectivity index (χ1v) is 3.71. The number of hydrogen-bond acceptors (Lipinski definition) is 1. The average molecular weight is 174 g/mol. The van der Waals surface area contributed by atoms with Crippen LogP contribution in [0.1, 0.15) is 5.56 Å². The number of allylic oxidation sites excluding steroid dienone is 2. The molecule has 0 fully saturated rings. The lowest BCUT2D eigenvalue weighted by Gasteiger charge is -1.89. The summed E-state index contributed by atoms with van der Waals surface area (Å²) in [5.74, 6) is 4.77. The molecule has 0 bridgehead atoms. The van der Waals surface area contributed by atoms with Crippen molar-refractivity contribution in [2.75, 3.05) is 0 Å². The molecular weight excluding hydrogens is 167 g/mol. The van der Waals surface area contributed by atoms with Crippen LogP contribution in [-0.4, -0.2) is 6.29 Å². The van der Waals surface area contributed by atoms with Crippen LogP contribution in [0.2, 0.25) is 0 Å². The highest BCUT2D eigenvalue weighted by atomic mass is 19.1. The van der Waals surface area contributed by atoms with Crippen LogP contribution in [0.25, 0.3) is 0 Å². The fourth-order valence-corrected chi connectivity index (χ4v) is 0.769. The van der Waals surface area contributed by atoms with E-state index in [1.165, 1.54) is 18.2 Å². The molecule has 2 heteroatoms. The van der Waals surface area contributed by atoms with Crippen molar-refractivity contribution in [3.05, 3.63) is 47.8 Å². The van der Waals surface area contributed by atoms with Crippen LogP contribution in [0.15, 0.2) is 36.4 Å². The molecule has 0 aliphatic carbocycles. The molecule has 0 N–H and O–H groups in total. The van der Waals surface area contributed by atoms with Gasteiger partial charge in [0, 0.05) is 0 Å². The molecule has 1 rings (SSSR count). The van der Waals surface area contributed by atoms with Gasteiger partial charge in [0.05, 0.1) is 5.56 Å². The van der Waals surface area contributed by atoms with Gasteiger partial charge in [-0.25, -0.2) is 4.39 Å². The van der Waals surface area contributed by atoms with Crippen LogP contribution >= 0.6 is 0 Å². The Morgan fingerprint density at radius 2 is 2.08 bits per heavy atom. The van der Waals surface area contributed by atoms with Crippen molar-refractivity contribution in [3.63, 3.8) is 0 Å². The summed E-state index contributed by atoms with van der Waals surface area (Å²) in [7, 11) is 0. The van der Waals surface area contributed by atoms with Gasteiger partial charge in [0.25, 0.3) is 0 Å². The summed E-state index contributed by atoms with van der Waals surface area (Å²) in [4.78, 5) is 9.85. The molecule has 0 aromatic heterocycles. The summed E-state index contributed by atoms with van der Waals surface area (Å²) >= 11 is 0. The Morgan fingerprint density at radius 3 is 2.77 bits per heavy atom. The van der Waals surface area contributed by atoms with Crippen molar-refractivity contribution in [3.8, 4) is 11.8 Å². The highest BCUT2D eigenvalue weighted by Crippen LogP contribution is 2.03. The second-order valence-corrected chi connectivity index (χ2v) is 2.24. The Bertz CT molecular complexity index is 383. The summed E-state index contributed by atoms with van der Waals surface area (Å²) in [6.45, 7) is 0. The van der Waals surface area contributed by atoms with E-state index in [0.29, 0.717) is 11.8 Å². The van der Waals surface area contributed by atoms with E-state index >= 15 is 0 Å². The fourth-order valence-electron chi connectivity index (χ4n) is 0.769. The van der Waals surface area contributed by atoms with Gasteiger partial charge in [-0.2, -0.15) is 0 Å². The predicted octanol–water partition coefficient (Wildman–Crippen LogP) is 1.93. The molecule has 0 radical (unpaired) electrons. The third-order valence-corrected chi connectivity index (χ3v) is 1.34. The molecule has 1 aromatic carbocycles. The van der Waals surface area contributed by atoms with Crippen molar-refractivity contribution in [2.24, 2.45) is 0 Å². The zero-order valence-corrected chi connectivity index (χ0v) is 6.83. The molecule has 0 unspecified atom stereocenters. The zero-order chi connectivity index (χ0) is 9.52. The van der Waals surface area contributed by atoms with Gasteiger partial charge in [-0.15, -0.1) is 0 Å². The summed E-state index contributed by atoms with van der Waals surface area (Å²) in [5.41, 5.74) is 0.332. The zero-order valence-electron chi connectivity index (χ0n) is 6.83. The van der Waals surface area contributed by atoms with Crippen LogP contribution in [0.5, 0.6) is 0 Å². The molecule has 1 aromatic rings. The van der Waals surface area contributed by atoms with Crippen LogP contribution in [0.3, 0.4) is 0 Å². The SMILES string of the molecule is O=C/C=C/C#Cc1ccccc1F. The van der Waals surface area contributed by atoms with Crippen molar-refractivity contribution < 1.29 is 9.18 Å². The molecular formula is C11H7FO. The summed E-state index contributed by atoms with van der Waals surface area (Å²) in [5, 5.41) is 0. The Morgan fingerprint density at radius 1 is 1.31 bits per heavy atom. The monoisotopic (exact) mass is 174 g/mol. The van der Waals surface area contributed by atoms with Gasteiger partial charge in [0.1, 0.15) is 12.1 Å². The Hall–Kier alpha value is -1.88. The minimum atomic E-state index is -0.352. The number of carbonyl (C=O) groups is 1. The molecule has 0 saturated heterocycles. The van der Waals surface area contributed by atoms with E-state index in [2.05, 4.69) is 11.8 Å². The summed E-state index contributed by atoms with van der Waals surface area (Å²) in [6.07, 6.45) is 3.25. The second kappa shape index (κ2) is 4.89. The van der Waals surface area contributed by atoms with Crippen molar-refractivity contribution in [1.82, 2.24) is 0 Å². The third kappa shape index (κ3) is 2.92. The lowest BCUT2D eigenvalue weighted by atomic mass is 10.2. The molecule has 0 saturated carbocycles. The van der Waals surface area contributed by atoms with Gasteiger partial charge in [0.15, 0.2) is 0 Å². The third-order valence-electron chi connectivity index (χ3n) is 1.34. The molecule has 0 spiro atoms. The second-order valence-electron chi connectivity index (χ2n) is 2.24. The number of benzene rings is 1. The number of hydrogen-bond donors (Lipinski definition) is 0. The van der Waals surface area contributed by atoms with Crippen LogP contribution in [0.4, 0.5) is 4.39 Å². The molecule has 0 atom stereocenters. The fraction of sp³-hybridized carbons (Fsp3) is 0. The normalized spacial score (nSPS) is 9.31. The highest BCUT2D eigenvalue weighted by Gasteiger charge is 1.93. The van der Waals surface area contributed by atoms with Crippen LogP contribution in [-0.2, 0) is 4.79 Å². The molecule has 0 aliphatic heterocycles. The Kier molecular flexibility index (Phi) is 3.46. The van der Waals surface area contributed by atoms with E-state index < -0.39 is 0 Å². The predicted molar refractivity (Wildman–Crippen MR) is 48.5 cm³/mol. The van der Waals surface area contributed by atoms with Gasteiger partial charge in [-0.3, -0.25) is 4.79 Å². The van der Waals surface area contributed by atoms with Gasteiger partial charge < -0.3 is 0 Å². The van der Waals surface area contributed by atoms with Crippen LogP contribution in [0, 0.1) is 17.7 Å². The summed E-state index contributed by atoms with van der Waals surface area (Å²) in [6, 6.07) is 6.23. The first-order valence-electron chi connectivity index (χ1n) is 3.71. The van der Waals surface area contributed by atoms with E-state index in [0.717, 1.165) is 0 Å². The number of aldehydes is 1. The molecule has 0 heterocycles. The number of rotatable bonds is 1. The minimum Gasteiger partial charge on any atom is -0.299 e. The number of halogens is 1. The van der Waals surface area contributed by atoms with Gasteiger partial charge in [-0.05, 0) is 24.3 Å². The molecule has 0 aliphatic rings. The largest absolute Gasteiger partial charge is 0.299 e. The van der Waals surface area contributed by atoms with Crippen LogP contribution < -0.4 is 0 Å². The maximum atomic E-state index is 12.9. The highest BCUT2D eigenvalue weighted by molar-refractivity contribution is 5.65. The van der Waals surface area contributed by atoms with Crippen molar-refractivity contribution >= 4 is 6.29 Å². The quantitative estimate of drug-likeness (QED) is 0.361. The molecule has 13 heavy (non-hydrogen) atoms. The average Bonchev–Trinajstić information content (AvgIpc) is 2.15. The maximum Gasteiger partial charge on any atom is 0.143 e. The van der Waals surface area contributed by atoms with E-state index in [1.807, 2.05) is 0 Å². The van der Waals surface area contributed by atoms with E-state index in [4.69, 9.17) is 0 Å². The van der Waals surface area contributed by atoms with E-state index in [-0.39, 0.29) is 5.82 Å². The smallest absolute Gasteiger partial charge is 0.143 e. The minimum absolute atomic E-state index is 0.332. The van der Waals surface area contributed by atoms with Gasteiger partial charge in [-0.1, -0.05) is 24.0 Å². The lowest BCUT2D eigenvalue weighted by Crippen LogP contribution is -1.79. The van der Waals surface area contributed by atoms with Crippen molar-refractivity contribution in [1.29, 1.82) is 0 Å². The van der Waals surface area contributed by atoms with Gasteiger partial charge in [0.2, 0.25) is 0 Å². The first kappa shape index (κ1) is 9.21.